The van der Waals surface area contributed by atoms with Gasteiger partial charge in [0.25, 0.3) is 10.0 Å². The molecule has 0 unspecified atom stereocenters. The van der Waals surface area contributed by atoms with Crippen LogP contribution >= 0.6 is 0 Å². The number of ether oxygens (including phenoxy) is 2. The van der Waals surface area contributed by atoms with E-state index in [0.29, 0.717) is 34.4 Å². The van der Waals surface area contributed by atoms with Crippen molar-refractivity contribution in [3.05, 3.63) is 72.0 Å². The van der Waals surface area contributed by atoms with Gasteiger partial charge in [0.1, 0.15) is 12.4 Å². The summed E-state index contributed by atoms with van der Waals surface area (Å²) in [6, 6.07) is 14.4. The van der Waals surface area contributed by atoms with Crippen LogP contribution in [0.3, 0.4) is 0 Å². The Bertz CT molecular complexity index is 1480. The lowest BCUT2D eigenvalue weighted by Crippen LogP contribution is -2.38. The van der Waals surface area contributed by atoms with Gasteiger partial charge >= 0.3 is 0 Å². The molecule has 1 aliphatic heterocycles. The van der Waals surface area contributed by atoms with E-state index < -0.39 is 28.3 Å². The van der Waals surface area contributed by atoms with Crippen molar-refractivity contribution >= 4 is 38.9 Å². The van der Waals surface area contributed by atoms with Gasteiger partial charge in [-0.25, -0.2) is 12.8 Å². The summed E-state index contributed by atoms with van der Waals surface area (Å²) in [4.78, 5) is 26.8. The normalized spacial score (nSPS) is 13.4. The highest BCUT2D eigenvalue weighted by atomic mass is 32.2. The summed E-state index contributed by atoms with van der Waals surface area (Å²) in [5, 5.41) is 2.68. The molecule has 2 amide bonds. The van der Waals surface area contributed by atoms with Crippen molar-refractivity contribution in [3.63, 3.8) is 0 Å². The number of aryl methyl sites for hydroxylation is 1. The predicted octanol–water partition coefficient (Wildman–Crippen LogP) is 4.11. The Labute approximate surface area is 220 Å². The van der Waals surface area contributed by atoms with Crippen molar-refractivity contribution in [1.29, 1.82) is 0 Å². The average molecular weight is 542 g/mol. The van der Waals surface area contributed by atoms with Crippen molar-refractivity contribution < 1.29 is 31.9 Å². The molecule has 1 aliphatic rings. The van der Waals surface area contributed by atoms with Gasteiger partial charge < -0.3 is 19.7 Å². The van der Waals surface area contributed by atoms with E-state index in [0.717, 1.165) is 18.1 Å². The Morgan fingerprint density at radius 2 is 1.79 bits per heavy atom. The predicted molar refractivity (Wildman–Crippen MR) is 142 cm³/mol. The molecule has 11 heteroatoms. The molecule has 1 N–H and O–H groups in total. The molecule has 0 atom stereocenters. The molecule has 9 nitrogen and oxygen atoms in total. The van der Waals surface area contributed by atoms with Gasteiger partial charge in [0.15, 0.2) is 11.5 Å². The number of carbonyl (C=O) groups excluding carboxylic acids is 2. The van der Waals surface area contributed by atoms with Gasteiger partial charge in [-0.3, -0.25) is 13.9 Å². The Morgan fingerprint density at radius 3 is 2.45 bits per heavy atom. The molecule has 0 aliphatic carbocycles. The van der Waals surface area contributed by atoms with E-state index in [2.05, 4.69) is 5.32 Å². The number of sulfonamides is 1. The molecule has 1 heterocycles. The van der Waals surface area contributed by atoms with Crippen LogP contribution in [-0.4, -0.2) is 47.5 Å². The minimum absolute atomic E-state index is 0.00307. The number of nitrogens with zero attached hydrogens (tertiary/aromatic N) is 2. The second-order valence-electron chi connectivity index (χ2n) is 8.68. The zero-order valence-corrected chi connectivity index (χ0v) is 22.0. The van der Waals surface area contributed by atoms with Crippen LogP contribution in [0.1, 0.15) is 18.4 Å². The lowest BCUT2D eigenvalue weighted by Gasteiger charge is -2.25. The number of anilines is 3. The number of benzene rings is 3. The highest BCUT2D eigenvalue weighted by Gasteiger charge is 2.30. The number of amides is 2. The largest absolute Gasteiger partial charge is 0.493 e. The van der Waals surface area contributed by atoms with Crippen molar-refractivity contribution in [1.82, 2.24) is 0 Å². The summed E-state index contributed by atoms with van der Waals surface area (Å²) < 4.78 is 53.3. The molecule has 0 bridgehead atoms. The van der Waals surface area contributed by atoms with Crippen molar-refractivity contribution in [2.45, 2.75) is 24.7 Å². The van der Waals surface area contributed by atoms with Gasteiger partial charge in [0.2, 0.25) is 11.8 Å². The number of methoxy groups -OCH3 is 2. The molecular weight excluding hydrogens is 513 g/mol. The van der Waals surface area contributed by atoms with Crippen LogP contribution in [-0.2, 0) is 19.6 Å². The molecule has 1 saturated heterocycles. The summed E-state index contributed by atoms with van der Waals surface area (Å²) in [5.74, 6) is -1.03. The third-order valence-electron chi connectivity index (χ3n) is 6.21. The maximum atomic E-state index is 14.8. The minimum atomic E-state index is -4.41. The lowest BCUT2D eigenvalue weighted by molar-refractivity contribution is -0.117. The van der Waals surface area contributed by atoms with Crippen molar-refractivity contribution in [3.8, 4) is 11.5 Å². The second-order valence-corrected chi connectivity index (χ2v) is 10.5. The van der Waals surface area contributed by atoms with Crippen molar-refractivity contribution in [2.75, 3.05) is 41.8 Å². The van der Waals surface area contributed by atoms with Crippen LogP contribution in [0.4, 0.5) is 21.5 Å². The summed E-state index contributed by atoms with van der Waals surface area (Å²) in [5.41, 5.74) is 1.63. The summed E-state index contributed by atoms with van der Waals surface area (Å²) in [6.45, 7) is 1.74. The Balaban J connectivity index is 1.66. The maximum absolute atomic E-state index is 14.8. The highest BCUT2D eigenvalue weighted by Crippen LogP contribution is 2.33. The van der Waals surface area contributed by atoms with E-state index in [1.54, 1.807) is 23.1 Å². The van der Waals surface area contributed by atoms with E-state index in [1.807, 2.05) is 6.92 Å². The second kappa shape index (κ2) is 11.1. The molecule has 0 aromatic heterocycles. The first-order valence-electron chi connectivity index (χ1n) is 11.9. The van der Waals surface area contributed by atoms with Gasteiger partial charge in [-0.2, -0.15) is 0 Å². The standard InChI is InChI=1S/C27H28FN3O6S/c1-18-10-11-19(15-23(18)30-14-6-9-27(30)33)29-26(32)17-31(22-8-5-4-7-21(22)28)38(34,35)20-12-13-24(36-2)25(16-20)37-3/h4-5,7-8,10-13,15-16H,6,9,14,17H2,1-3H3,(H,29,32). The molecule has 3 aromatic rings. The number of para-hydroxylation sites is 1. The summed E-state index contributed by atoms with van der Waals surface area (Å²) in [7, 11) is -1.63. The van der Waals surface area contributed by atoms with E-state index in [4.69, 9.17) is 9.47 Å². The Morgan fingerprint density at radius 1 is 1.05 bits per heavy atom. The van der Waals surface area contributed by atoms with Crippen LogP contribution in [0, 0.1) is 12.7 Å². The first-order chi connectivity index (χ1) is 18.1. The average Bonchev–Trinajstić information content (AvgIpc) is 3.33. The lowest BCUT2D eigenvalue weighted by atomic mass is 10.1. The quantitative estimate of drug-likeness (QED) is 0.437. The third-order valence-corrected chi connectivity index (χ3v) is 7.96. The monoisotopic (exact) mass is 541 g/mol. The Hall–Kier alpha value is -4.12. The first-order valence-corrected chi connectivity index (χ1v) is 13.3. The van der Waals surface area contributed by atoms with Crippen LogP contribution < -0.4 is 24.0 Å². The van der Waals surface area contributed by atoms with Crippen LogP contribution in [0.2, 0.25) is 0 Å². The molecular formula is C27H28FN3O6S. The fraction of sp³-hybridized carbons (Fsp3) is 0.259. The van der Waals surface area contributed by atoms with Crippen LogP contribution in [0.25, 0.3) is 0 Å². The minimum Gasteiger partial charge on any atom is -0.493 e. The molecule has 0 radical (unpaired) electrons. The maximum Gasteiger partial charge on any atom is 0.265 e. The fourth-order valence-electron chi connectivity index (χ4n) is 4.27. The summed E-state index contributed by atoms with van der Waals surface area (Å²) in [6.07, 6.45) is 1.21. The molecule has 0 saturated carbocycles. The number of hydrogen-bond donors (Lipinski definition) is 1. The molecule has 0 spiro atoms. The van der Waals surface area contributed by atoms with Gasteiger partial charge in [-0.1, -0.05) is 18.2 Å². The SMILES string of the molecule is COc1ccc(S(=O)(=O)N(CC(=O)Nc2ccc(C)c(N3CCCC3=O)c2)c2ccccc2F)cc1OC. The van der Waals surface area contributed by atoms with E-state index >= 15 is 0 Å². The zero-order valence-electron chi connectivity index (χ0n) is 21.2. The molecule has 4 rings (SSSR count). The first kappa shape index (κ1) is 26.9. The third kappa shape index (κ3) is 5.42. The number of nitrogens with one attached hydrogen (secondary N) is 1. The number of carbonyl (C=O) groups is 2. The topological polar surface area (TPSA) is 105 Å². The van der Waals surface area contributed by atoms with Crippen LogP contribution in [0.5, 0.6) is 11.5 Å². The van der Waals surface area contributed by atoms with Crippen LogP contribution in [0.15, 0.2) is 65.6 Å². The fourth-order valence-corrected chi connectivity index (χ4v) is 5.71. The molecule has 38 heavy (non-hydrogen) atoms. The van der Waals surface area contributed by atoms with E-state index in [9.17, 15) is 22.4 Å². The van der Waals surface area contributed by atoms with Gasteiger partial charge in [-0.05, 0) is 55.3 Å². The van der Waals surface area contributed by atoms with Gasteiger partial charge in [-0.15, -0.1) is 0 Å². The zero-order chi connectivity index (χ0) is 27.4. The van der Waals surface area contributed by atoms with Gasteiger partial charge in [0.05, 0.1) is 24.8 Å². The smallest absolute Gasteiger partial charge is 0.265 e. The summed E-state index contributed by atoms with van der Waals surface area (Å²) >= 11 is 0. The van der Waals surface area contributed by atoms with E-state index in [1.165, 1.54) is 50.6 Å². The van der Waals surface area contributed by atoms with E-state index in [-0.39, 0.29) is 22.2 Å². The van der Waals surface area contributed by atoms with Crippen molar-refractivity contribution in [2.24, 2.45) is 0 Å². The van der Waals surface area contributed by atoms with Gasteiger partial charge in [0, 0.05) is 30.4 Å². The Kier molecular flexibility index (Phi) is 7.86. The number of hydrogen-bond acceptors (Lipinski definition) is 6. The molecule has 1 fully saturated rings. The molecule has 3 aromatic carbocycles. The molecule has 200 valence electrons. The number of halogens is 1. The highest BCUT2D eigenvalue weighted by molar-refractivity contribution is 7.92. The number of rotatable bonds is 9.